The molecule has 1 aromatic heterocycles. The second kappa shape index (κ2) is 5.49. The number of H-pyrrole nitrogens is 1. The summed E-state index contributed by atoms with van der Waals surface area (Å²) in [4.78, 5) is 8.73. The van der Waals surface area contributed by atoms with Gasteiger partial charge in [-0.25, -0.2) is 4.98 Å². The van der Waals surface area contributed by atoms with Gasteiger partial charge in [-0.2, -0.15) is 0 Å². The van der Waals surface area contributed by atoms with Crippen LogP contribution in [0.1, 0.15) is 11.1 Å². The van der Waals surface area contributed by atoms with Crippen LogP contribution in [0, 0.1) is 6.92 Å². The van der Waals surface area contributed by atoms with Gasteiger partial charge in [0.05, 0.1) is 11.0 Å². The number of imidazole rings is 1. The Morgan fingerprint density at radius 1 is 1.24 bits per heavy atom. The van der Waals surface area contributed by atoms with E-state index >= 15 is 0 Å². The van der Waals surface area contributed by atoms with Gasteiger partial charge in [0.2, 0.25) is 0 Å². The van der Waals surface area contributed by atoms with E-state index in [1.165, 1.54) is 11.8 Å². The molecule has 0 amide bonds. The minimum absolute atomic E-state index is 0.0947. The summed E-state index contributed by atoms with van der Waals surface area (Å²) in [7, 11) is 0. The highest BCUT2D eigenvalue weighted by Gasteiger charge is 2.13. The number of para-hydroxylation sites is 2. The molecule has 0 aliphatic carbocycles. The normalized spacial score (nSPS) is 12.0. The molecule has 0 saturated heterocycles. The van der Waals surface area contributed by atoms with Crippen LogP contribution in [0.2, 0.25) is 0 Å². The molecule has 6 heteroatoms. The molecular weight excluding hydrogens is 284 g/mol. The fraction of sp³-hybridized carbons (Fsp3) is 0.0667. The van der Waals surface area contributed by atoms with Crippen molar-refractivity contribution in [1.82, 2.24) is 9.97 Å². The average molecular weight is 298 g/mol. The summed E-state index contributed by atoms with van der Waals surface area (Å²) in [6, 6.07) is 13.5. The first kappa shape index (κ1) is 13.5. The van der Waals surface area contributed by atoms with E-state index in [4.69, 9.17) is 10.9 Å². The summed E-state index contributed by atoms with van der Waals surface area (Å²) < 4.78 is 0. The lowest BCUT2D eigenvalue weighted by Crippen LogP contribution is -2.14. The zero-order valence-electron chi connectivity index (χ0n) is 11.4. The van der Waals surface area contributed by atoms with Crippen LogP contribution in [-0.2, 0) is 0 Å². The van der Waals surface area contributed by atoms with E-state index in [9.17, 15) is 0 Å². The van der Waals surface area contributed by atoms with Crippen LogP contribution in [0.5, 0.6) is 0 Å². The van der Waals surface area contributed by atoms with Gasteiger partial charge in [-0.1, -0.05) is 41.2 Å². The van der Waals surface area contributed by atoms with Crippen LogP contribution in [-0.4, -0.2) is 21.0 Å². The fourth-order valence-electron chi connectivity index (χ4n) is 2.12. The molecule has 1 heterocycles. The van der Waals surface area contributed by atoms with Crippen molar-refractivity contribution in [3.8, 4) is 0 Å². The molecule has 0 radical (unpaired) electrons. The average Bonchev–Trinajstić information content (AvgIpc) is 2.91. The van der Waals surface area contributed by atoms with Gasteiger partial charge < -0.3 is 15.9 Å². The Morgan fingerprint density at radius 3 is 2.81 bits per heavy atom. The minimum Gasteiger partial charge on any atom is -0.409 e. The molecule has 0 spiro atoms. The van der Waals surface area contributed by atoms with E-state index in [1.807, 2.05) is 49.4 Å². The topological polar surface area (TPSA) is 87.3 Å². The maximum absolute atomic E-state index is 8.91. The Balaban J connectivity index is 2.05. The molecule has 3 rings (SSSR count). The first-order valence-corrected chi connectivity index (χ1v) is 7.21. The van der Waals surface area contributed by atoms with E-state index in [0.29, 0.717) is 5.56 Å². The molecule has 4 N–H and O–H groups in total. The van der Waals surface area contributed by atoms with Gasteiger partial charge in [0.25, 0.3) is 0 Å². The van der Waals surface area contributed by atoms with Crippen LogP contribution in [0.4, 0.5) is 0 Å². The Labute approximate surface area is 125 Å². The Morgan fingerprint density at radius 2 is 2.05 bits per heavy atom. The number of aromatic amines is 1. The third-order valence-electron chi connectivity index (χ3n) is 3.16. The molecule has 0 aliphatic rings. The summed E-state index contributed by atoms with van der Waals surface area (Å²) in [5.41, 5.74) is 9.39. The van der Waals surface area contributed by atoms with Crippen molar-refractivity contribution in [2.24, 2.45) is 10.9 Å². The summed E-state index contributed by atoms with van der Waals surface area (Å²) in [5.74, 6) is 0.0947. The molecule has 0 atom stereocenters. The molecule has 0 saturated carbocycles. The van der Waals surface area contributed by atoms with Crippen molar-refractivity contribution in [2.75, 3.05) is 0 Å². The van der Waals surface area contributed by atoms with E-state index in [2.05, 4.69) is 15.1 Å². The van der Waals surface area contributed by atoms with Gasteiger partial charge in [0.1, 0.15) is 0 Å². The zero-order chi connectivity index (χ0) is 14.8. The number of nitrogens with one attached hydrogen (secondary N) is 1. The molecule has 0 bridgehead atoms. The molecule has 3 aromatic rings. The number of oxime groups is 1. The number of nitrogens with two attached hydrogens (primary N) is 1. The lowest BCUT2D eigenvalue weighted by atomic mass is 10.1. The van der Waals surface area contributed by atoms with Crippen LogP contribution in [0.3, 0.4) is 0 Å². The van der Waals surface area contributed by atoms with Crippen molar-refractivity contribution in [2.45, 2.75) is 17.0 Å². The monoisotopic (exact) mass is 298 g/mol. The van der Waals surface area contributed by atoms with E-state index in [0.717, 1.165) is 26.6 Å². The second-order valence-corrected chi connectivity index (χ2v) is 5.60. The number of benzene rings is 2. The molecule has 0 unspecified atom stereocenters. The van der Waals surface area contributed by atoms with Gasteiger partial charge in [-0.15, -0.1) is 0 Å². The smallest absolute Gasteiger partial charge is 0.171 e. The Hall–Kier alpha value is -2.47. The van der Waals surface area contributed by atoms with E-state index < -0.39 is 0 Å². The molecule has 5 nitrogen and oxygen atoms in total. The lowest BCUT2D eigenvalue weighted by molar-refractivity contribution is 0.318. The first-order valence-electron chi connectivity index (χ1n) is 6.39. The molecule has 0 aliphatic heterocycles. The SMILES string of the molecule is Cc1cccc(/C(N)=N/O)c1Sc1nc2ccccc2[nH]1. The minimum atomic E-state index is 0.0947. The van der Waals surface area contributed by atoms with Crippen molar-refractivity contribution in [1.29, 1.82) is 0 Å². The number of aromatic nitrogens is 2. The Kier molecular flexibility index (Phi) is 3.53. The van der Waals surface area contributed by atoms with E-state index in [-0.39, 0.29) is 5.84 Å². The molecule has 21 heavy (non-hydrogen) atoms. The highest BCUT2D eigenvalue weighted by molar-refractivity contribution is 7.99. The number of aryl methyl sites for hydroxylation is 1. The molecule has 2 aromatic carbocycles. The zero-order valence-corrected chi connectivity index (χ0v) is 12.2. The maximum atomic E-state index is 8.91. The van der Waals surface area contributed by atoms with Gasteiger partial charge in [-0.05, 0) is 30.7 Å². The summed E-state index contributed by atoms with van der Waals surface area (Å²) >= 11 is 1.47. The summed E-state index contributed by atoms with van der Waals surface area (Å²) in [6.07, 6.45) is 0. The molecule has 106 valence electrons. The molecule has 0 fully saturated rings. The first-order chi connectivity index (χ1) is 10.2. The lowest BCUT2D eigenvalue weighted by Gasteiger charge is -2.09. The van der Waals surface area contributed by atoms with E-state index in [1.54, 1.807) is 0 Å². The van der Waals surface area contributed by atoms with Crippen LogP contribution >= 0.6 is 11.8 Å². The fourth-order valence-corrected chi connectivity index (χ4v) is 3.13. The van der Waals surface area contributed by atoms with Gasteiger partial charge >= 0.3 is 0 Å². The van der Waals surface area contributed by atoms with Crippen LogP contribution in [0.15, 0.2) is 57.7 Å². The number of nitrogens with zero attached hydrogens (tertiary/aromatic N) is 2. The highest BCUT2D eigenvalue weighted by atomic mass is 32.2. The van der Waals surface area contributed by atoms with Crippen molar-refractivity contribution in [3.63, 3.8) is 0 Å². The molecular formula is C15H14N4OS. The maximum Gasteiger partial charge on any atom is 0.171 e. The standard InChI is InChI=1S/C15H14N4OS/c1-9-5-4-6-10(14(16)19-20)13(9)21-15-17-11-7-2-3-8-12(11)18-15/h2-8,20H,1H3,(H2,16,19)(H,17,18). The second-order valence-electron chi connectivity index (χ2n) is 4.60. The van der Waals surface area contributed by atoms with Gasteiger partial charge in [-0.3, -0.25) is 0 Å². The number of fused-ring (bicyclic) bond motifs is 1. The van der Waals surface area contributed by atoms with Gasteiger partial charge in [0, 0.05) is 10.5 Å². The third-order valence-corrected chi connectivity index (χ3v) is 4.29. The van der Waals surface area contributed by atoms with Crippen LogP contribution < -0.4 is 5.73 Å². The highest BCUT2D eigenvalue weighted by Crippen LogP contribution is 2.32. The summed E-state index contributed by atoms with van der Waals surface area (Å²) in [6.45, 7) is 1.99. The third kappa shape index (κ3) is 2.57. The van der Waals surface area contributed by atoms with Crippen molar-refractivity contribution in [3.05, 3.63) is 53.6 Å². The van der Waals surface area contributed by atoms with Gasteiger partial charge in [0.15, 0.2) is 11.0 Å². The number of hydrogen-bond acceptors (Lipinski definition) is 4. The predicted molar refractivity (Wildman–Crippen MR) is 83.9 cm³/mol. The number of hydrogen-bond donors (Lipinski definition) is 3. The summed E-state index contributed by atoms with van der Waals surface area (Å²) in [5, 5.41) is 12.8. The van der Waals surface area contributed by atoms with Crippen LogP contribution in [0.25, 0.3) is 11.0 Å². The quantitative estimate of drug-likeness (QED) is 0.300. The van der Waals surface area contributed by atoms with Crippen molar-refractivity contribution < 1.29 is 5.21 Å². The largest absolute Gasteiger partial charge is 0.409 e. The Bertz CT molecular complexity index is 792. The number of amidine groups is 1. The van der Waals surface area contributed by atoms with Crippen molar-refractivity contribution >= 4 is 28.6 Å². The number of rotatable bonds is 3. The predicted octanol–water partition coefficient (Wildman–Crippen LogP) is 3.12.